The molecule has 1 atom stereocenters. The van der Waals surface area contributed by atoms with Gasteiger partial charge < -0.3 is 4.43 Å². The fraction of sp³-hybridized carbons (Fsp3) is 0.444. The third-order valence-corrected chi connectivity index (χ3v) is 9.32. The normalized spacial score (nSPS) is 13.6. The fourth-order valence-corrected chi connectivity index (χ4v) is 5.79. The second-order valence-corrected chi connectivity index (χ2v) is 10.3. The highest BCUT2D eigenvalue weighted by atomic mass is 28.4. The van der Waals surface area contributed by atoms with Crippen LogP contribution >= 0.6 is 0 Å². The first kappa shape index (κ1) is 15.3. The minimum Gasteiger partial charge on any atom is -0.410 e. The highest BCUT2D eigenvalue weighted by molar-refractivity contribution is 6.73. The number of hydrogen-bond acceptors (Lipinski definition) is 1. The van der Waals surface area contributed by atoms with E-state index in [1.165, 1.54) is 34.5 Å². The second-order valence-electron chi connectivity index (χ2n) is 5.61. The van der Waals surface area contributed by atoms with Crippen LogP contribution in [0.15, 0.2) is 42.5 Å². The molecule has 2 aromatic carbocycles. The highest BCUT2D eigenvalue weighted by Gasteiger charge is 2.31. The minimum atomic E-state index is -1.53. The van der Waals surface area contributed by atoms with Crippen molar-refractivity contribution in [2.45, 2.75) is 51.9 Å². The molecule has 108 valence electrons. The molecule has 0 spiro atoms. The van der Waals surface area contributed by atoms with E-state index in [0.29, 0.717) is 0 Å². The van der Waals surface area contributed by atoms with Crippen molar-refractivity contribution in [2.75, 3.05) is 0 Å². The highest BCUT2D eigenvalue weighted by Crippen LogP contribution is 2.30. The third kappa shape index (κ3) is 3.13. The second kappa shape index (κ2) is 6.55. The van der Waals surface area contributed by atoms with Gasteiger partial charge in [0.25, 0.3) is 0 Å². The summed E-state index contributed by atoms with van der Waals surface area (Å²) in [6, 6.07) is 18.8. The van der Waals surface area contributed by atoms with Gasteiger partial charge in [-0.05, 0) is 47.5 Å². The van der Waals surface area contributed by atoms with E-state index in [2.05, 4.69) is 70.2 Å². The Bertz CT molecular complexity index is 552. The number of hydrogen-bond donors (Lipinski definition) is 0. The van der Waals surface area contributed by atoms with Crippen molar-refractivity contribution in [2.24, 2.45) is 0 Å². The van der Waals surface area contributed by atoms with Crippen molar-refractivity contribution in [3.8, 4) is 0 Å². The summed E-state index contributed by atoms with van der Waals surface area (Å²) >= 11 is 0. The lowest BCUT2D eigenvalue weighted by Crippen LogP contribution is -2.36. The van der Waals surface area contributed by atoms with Crippen molar-refractivity contribution in [3.63, 3.8) is 0 Å². The Balaban J connectivity index is 2.24. The van der Waals surface area contributed by atoms with Crippen molar-refractivity contribution >= 4 is 19.1 Å². The molecule has 1 nitrogen and oxygen atoms in total. The lowest BCUT2D eigenvalue weighted by Gasteiger charge is -2.32. The predicted octanol–water partition coefficient (Wildman–Crippen LogP) is 5.92. The van der Waals surface area contributed by atoms with Crippen LogP contribution in [-0.2, 0) is 4.43 Å². The van der Waals surface area contributed by atoms with E-state index in [-0.39, 0.29) is 6.10 Å². The average Bonchev–Trinajstić information content (AvgIpc) is 2.52. The molecule has 0 aliphatic rings. The Kier molecular flexibility index (Phi) is 5.00. The van der Waals surface area contributed by atoms with Gasteiger partial charge in [0.1, 0.15) is 0 Å². The van der Waals surface area contributed by atoms with Gasteiger partial charge in [-0.25, -0.2) is 0 Å². The Morgan fingerprint density at radius 1 is 0.900 bits per heavy atom. The van der Waals surface area contributed by atoms with Gasteiger partial charge in [0.15, 0.2) is 8.32 Å². The first-order valence-electron chi connectivity index (χ1n) is 7.80. The Morgan fingerprint density at radius 3 is 2.10 bits per heavy atom. The van der Waals surface area contributed by atoms with Crippen molar-refractivity contribution in [1.82, 2.24) is 0 Å². The Labute approximate surface area is 124 Å². The maximum Gasteiger partial charge on any atom is 0.192 e. The van der Waals surface area contributed by atoms with E-state index in [0.717, 1.165) is 0 Å². The molecule has 2 aromatic rings. The van der Waals surface area contributed by atoms with E-state index in [1.807, 2.05) is 0 Å². The maximum atomic E-state index is 6.56. The van der Waals surface area contributed by atoms with Gasteiger partial charge in [-0.1, -0.05) is 57.2 Å². The van der Waals surface area contributed by atoms with E-state index in [4.69, 9.17) is 4.43 Å². The van der Waals surface area contributed by atoms with E-state index in [9.17, 15) is 0 Å². The quantitative estimate of drug-likeness (QED) is 0.599. The van der Waals surface area contributed by atoms with Crippen LogP contribution in [0.5, 0.6) is 0 Å². The summed E-state index contributed by atoms with van der Waals surface area (Å²) in [5, 5.41) is 2.60. The van der Waals surface area contributed by atoms with Crippen LogP contribution in [-0.4, -0.2) is 8.32 Å². The molecule has 0 N–H and O–H groups in total. The smallest absolute Gasteiger partial charge is 0.192 e. The lowest BCUT2D eigenvalue weighted by atomic mass is 10.0. The van der Waals surface area contributed by atoms with Gasteiger partial charge in [0.05, 0.1) is 6.10 Å². The van der Waals surface area contributed by atoms with Gasteiger partial charge >= 0.3 is 0 Å². The topological polar surface area (TPSA) is 9.23 Å². The molecule has 0 saturated carbocycles. The minimum absolute atomic E-state index is 0.200. The molecule has 2 heteroatoms. The summed E-state index contributed by atoms with van der Waals surface area (Å²) < 4.78 is 6.56. The maximum absolute atomic E-state index is 6.56. The van der Waals surface area contributed by atoms with Crippen LogP contribution in [0, 0.1) is 0 Å². The fourth-order valence-electron chi connectivity index (χ4n) is 2.90. The van der Waals surface area contributed by atoms with Gasteiger partial charge in [0, 0.05) is 0 Å². The molecule has 20 heavy (non-hydrogen) atoms. The summed E-state index contributed by atoms with van der Waals surface area (Å²) in [6.45, 7) is 9.05. The molecule has 0 amide bonds. The zero-order valence-electron chi connectivity index (χ0n) is 13.1. The number of fused-ring (bicyclic) bond motifs is 1. The Hall–Kier alpha value is -1.12. The number of benzene rings is 2. The molecule has 0 fully saturated rings. The summed E-state index contributed by atoms with van der Waals surface area (Å²) in [6.07, 6.45) is 0.200. The largest absolute Gasteiger partial charge is 0.410 e. The van der Waals surface area contributed by atoms with E-state index in [1.54, 1.807) is 0 Å². The van der Waals surface area contributed by atoms with Crippen LogP contribution in [0.2, 0.25) is 18.1 Å². The summed E-state index contributed by atoms with van der Waals surface area (Å²) in [4.78, 5) is 0. The first-order chi connectivity index (χ1) is 9.64. The molecule has 0 bridgehead atoms. The molecule has 0 aliphatic carbocycles. The molecule has 2 rings (SSSR count). The van der Waals surface area contributed by atoms with Gasteiger partial charge in [-0.2, -0.15) is 0 Å². The Morgan fingerprint density at radius 2 is 1.50 bits per heavy atom. The summed E-state index contributed by atoms with van der Waals surface area (Å²) in [7, 11) is -1.53. The zero-order chi connectivity index (χ0) is 14.6. The van der Waals surface area contributed by atoms with Crippen LogP contribution in [0.25, 0.3) is 10.8 Å². The van der Waals surface area contributed by atoms with Crippen LogP contribution in [0.3, 0.4) is 0 Å². The zero-order valence-corrected chi connectivity index (χ0v) is 14.1. The van der Waals surface area contributed by atoms with E-state index < -0.39 is 8.32 Å². The summed E-state index contributed by atoms with van der Waals surface area (Å²) in [5.41, 5.74) is 1.30. The predicted molar refractivity (Wildman–Crippen MR) is 90.6 cm³/mol. The summed E-state index contributed by atoms with van der Waals surface area (Å²) in [5.74, 6) is 0. The molecule has 1 unspecified atom stereocenters. The van der Waals surface area contributed by atoms with Gasteiger partial charge in [-0.15, -0.1) is 0 Å². The molecular formula is C18H26OSi. The molecule has 0 saturated heterocycles. The lowest BCUT2D eigenvalue weighted by molar-refractivity contribution is 0.210. The molecule has 0 heterocycles. The number of rotatable bonds is 6. The van der Waals surface area contributed by atoms with Crippen molar-refractivity contribution in [3.05, 3.63) is 48.0 Å². The van der Waals surface area contributed by atoms with Crippen LogP contribution in [0.4, 0.5) is 0 Å². The molecule has 0 radical (unpaired) electrons. The van der Waals surface area contributed by atoms with Crippen LogP contribution < -0.4 is 0 Å². The molecular weight excluding hydrogens is 260 g/mol. The molecule has 0 aliphatic heterocycles. The molecule has 0 aromatic heterocycles. The monoisotopic (exact) mass is 286 g/mol. The van der Waals surface area contributed by atoms with Crippen LogP contribution in [0.1, 0.15) is 39.4 Å². The van der Waals surface area contributed by atoms with E-state index >= 15 is 0 Å². The van der Waals surface area contributed by atoms with Gasteiger partial charge in [0.2, 0.25) is 0 Å². The average molecular weight is 286 g/mol. The van der Waals surface area contributed by atoms with Crippen molar-refractivity contribution in [1.29, 1.82) is 0 Å². The van der Waals surface area contributed by atoms with Crippen molar-refractivity contribution < 1.29 is 4.43 Å². The van der Waals surface area contributed by atoms with Gasteiger partial charge in [-0.3, -0.25) is 0 Å². The standard InChI is InChI=1S/C18H26OSi/c1-5-20(6-2,7-3)19-15(4)17-13-12-16-10-8-9-11-18(16)14-17/h8-15H,5-7H2,1-4H3. The first-order valence-corrected chi connectivity index (χ1v) is 10.3. The SMILES string of the molecule is CC[Si](CC)(CC)OC(C)c1ccc2ccccc2c1. The third-order valence-electron chi connectivity index (χ3n) is 4.60.